The van der Waals surface area contributed by atoms with Crippen LogP contribution in [-0.4, -0.2) is 28.9 Å². The molecular formula is C25H21ClN4O4. The number of anilines is 2. The predicted octanol–water partition coefficient (Wildman–Crippen LogP) is 5.83. The van der Waals surface area contributed by atoms with Crippen LogP contribution >= 0.6 is 11.6 Å². The highest BCUT2D eigenvalue weighted by molar-refractivity contribution is 6.31. The Morgan fingerprint density at radius 2 is 1.85 bits per heavy atom. The second-order valence-corrected chi connectivity index (χ2v) is 8.64. The minimum absolute atomic E-state index is 0.0514. The molecule has 0 bridgehead atoms. The lowest BCUT2D eigenvalue weighted by atomic mass is 10.1. The van der Waals surface area contributed by atoms with Crippen LogP contribution in [0.25, 0.3) is 11.1 Å². The monoisotopic (exact) mass is 476 g/mol. The molecule has 4 aromatic rings. The van der Waals surface area contributed by atoms with E-state index in [0.29, 0.717) is 39.8 Å². The van der Waals surface area contributed by atoms with Crippen molar-refractivity contribution in [1.82, 2.24) is 4.98 Å². The van der Waals surface area contributed by atoms with Crippen LogP contribution in [0.4, 0.5) is 17.1 Å². The van der Waals surface area contributed by atoms with Gasteiger partial charge < -0.3 is 14.6 Å². The Morgan fingerprint density at radius 3 is 2.59 bits per heavy atom. The number of fused-ring (bicyclic) bond motifs is 1. The molecule has 0 saturated carbocycles. The number of aromatic nitrogens is 1. The van der Waals surface area contributed by atoms with E-state index in [4.69, 9.17) is 16.0 Å². The number of hydrogen-bond donors (Lipinski definition) is 1. The Morgan fingerprint density at radius 1 is 1.09 bits per heavy atom. The summed E-state index contributed by atoms with van der Waals surface area (Å²) >= 11 is 6.00. The zero-order chi connectivity index (χ0) is 23.7. The van der Waals surface area contributed by atoms with Crippen LogP contribution in [0.15, 0.2) is 65.1 Å². The summed E-state index contributed by atoms with van der Waals surface area (Å²) < 4.78 is 5.76. The Hall–Kier alpha value is -3.91. The summed E-state index contributed by atoms with van der Waals surface area (Å²) in [5.41, 5.74) is 3.67. The van der Waals surface area contributed by atoms with E-state index in [1.165, 1.54) is 6.07 Å². The van der Waals surface area contributed by atoms with E-state index < -0.39 is 10.8 Å². The fourth-order valence-corrected chi connectivity index (χ4v) is 4.31. The summed E-state index contributed by atoms with van der Waals surface area (Å²) in [7, 11) is 0. The van der Waals surface area contributed by atoms with Crippen molar-refractivity contribution in [2.75, 3.05) is 23.3 Å². The van der Waals surface area contributed by atoms with E-state index in [0.717, 1.165) is 31.5 Å². The first-order valence-corrected chi connectivity index (χ1v) is 11.3. The lowest BCUT2D eigenvalue weighted by molar-refractivity contribution is -0.384. The molecule has 172 valence electrons. The number of halogens is 1. The zero-order valence-electron chi connectivity index (χ0n) is 18.2. The average Bonchev–Trinajstić information content (AvgIpc) is 3.49. The number of amides is 1. The van der Waals surface area contributed by atoms with Gasteiger partial charge in [0.2, 0.25) is 0 Å². The smallest absolute Gasteiger partial charge is 0.293 e. The van der Waals surface area contributed by atoms with Crippen molar-refractivity contribution in [3.05, 3.63) is 92.8 Å². The third-order valence-electron chi connectivity index (χ3n) is 5.84. The van der Waals surface area contributed by atoms with Crippen LogP contribution in [0.1, 0.15) is 34.7 Å². The second-order valence-electron chi connectivity index (χ2n) is 8.20. The molecule has 0 aliphatic carbocycles. The molecule has 2 heterocycles. The Kier molecular flexibility index (Phi) is 5.90. The Labute approximate surface area is 200 Å². The topological polar surface area (TPSA) is 102 Å². The summed E-state index contributed by atoms with van der Waals surface area (Å²) in [5.74, 6) is 0.166. The SMILES string of the molecule is O=C(Nc1ccc(Cc2nc3cc(Cl)ccc3o2)cc1)c1ccc(N2CCCC2)c([N+](=O)[O-])c1. The van der Waals surface area contributed by atoms with Gasteiger partial charge in [0, 0.05) is 41.9 Å². The number of nitro groups is 1. The molecule has 1 aliphatic heterocycles. The molecule has 1 fully saturated rings. The maximum absolute atomic E-state index is 12.7. The average molecular weight is 477 g/mol. The quantitative estimate of drug-likeness (QED) is 0.277. The molecule has 0 atom stereocenters. The molecular weight excluding hydrogens is 456 g/mol. The standard InChI is InChI=1S/C25H21ClN4O4/c26-18-6-10-23-20(15-18)28-24(34-23)13-16-3-7-19(8-4-16)27-25(31)17-5-9-21(22(14-17)30(32)33)29-11-1-2-12-29/h3-10,14-15H,1-2,11-13H2,(H,27,31). The van der Waals surface area contributed by atoms with Gasteiger partial charge in [-0.05, 0) is 60.9 Å². The number of carbonyl (C=O) groups is 1. The molecule has 34 heavy (non-hydrogen) atoms. The van der Waals surface area contributed by atoms with Crippen molar-refractivity contribution < 1.29 is 14.1 Å². The molecule has 8 nitrogen and oxygen atoms in total. The lowest BCUT2D eigenvalue weighted by Gasteiger charge is -2.17. The van der Waals surface area contributed by atoms with Crippen molar-refractivity contribution in [2.45, 2.75) is 19.3 Å². The molecule has 3 aromatic carbocycles. The number of rotatable bonds is 6. The number of carbonyl (C=O) groups excluding carboxylic acids is 1. The minimum Gasteiger partial charge on any atom is -0.440 e. The Bertz CT molecular complexity index is 1380. The van der Waals surface area contributed by atoms with Crippen molar-refractivity contribution >= 4 is 45.7 Å². The highest BCUT2D eigenvalue weighted by atomic mass is 35.5. The van der Waals surface area contributed by atoms with Crippen LogP contribution < -0.4 is 10.2 Å². The lowest BCUT2D eigenvalue weighted by Crippen LogP contribution is -2.19. The molecule has 9 heteroatoms. The van der Waals surface area contributed by atoms with Gasteiger partial charge in [0.25, 0.3) is 11.6 Å². The number of nitrogens with zero attached hydrogens (tertiary/aromatic N) is 3. The van der Waals surface area contributed by atoms with Crippen molar-refractivity contribution in [2.24, 2.45) is 0 Å². The van der Waals surface area contributed by atoms with Gasteiger partial charge in [-0.3, -0.25) is 14.9 Å². The van der Waals surface area contributed by atoms with Crippen LogP contribution in [0, 0.1) is 10.1 Å². The van der Waals surface area contributed by atoms with E-state index >= 15 is 0 Å². The molecule has 5 rings (SSSR count). The summed E-state index contributed by atoms with van der Waals surface area (Å²) in [6.45, 7) is 1.58. The highest BCUT2D eigenvalue weighted by Crippen LogP contribution is 2.32. The van der Waals surface area contributed by atoms with E-state index in [-0.39, 0.29) is 11.3 Å². The van der Waals surface area contributed by atoms with Gasteiger partial charge >= 0.3 is 0 Å². The van der Waals surface area contributed by atoms with Crippen LogP contribution in [-0.2, 0) is 6.42 Å². The minimum atomic E-state index is -0.431. The predicted molar refractivity (Wildman–Crippen MR) is 131 cm³/mol. The number of oxazole rings is 1. The molecule has 0 radical (unpaired) electrons. The van der Waals surface area contributed by atoms with Crippen LogP contribution in [0.3, 0.4) is 0 Å². The first-order valence-electron chi connectivity index (χ1n) is 10.9. The summed E-state index contributed by atoms with van der Waals surface area (Å²) in [6, 6.07) is 17.2. The van der Waals surface area contributed by atoms with E-state index in [1.807, 2.05) is 17.0 Å². The van der Waals surface area contributed by atoms with Gasteiger partial charge in [-0.2, -0.15) is 0 Å². The first-order chi connectivity index (χ1) is 16.5. The molecule has 0 spiro atoms. The van der Waals surface area contributed by atoms with E-state index in [1.54, 1.807) is 42.5 Å². The van der Waals surface area contributed by atoms with Gasteiger partial charge in [0.15, 0.2) is 11.5 Å². The van der Waals surface area contributed by atoms with Gasteiger partial charge in [-0.15, -0.1) is 0 Å². The zero-order valence-corrected chi connectivity index (χ0v) is 18.9. The number of benzene rings is 3. The third kappa shape index (κ3) is 4.58. The summed E-state index contributed by atoms with van der Waals surface area (Å²) in [6.07, 6.45) is 2.51. The van der Waals surface area contributed by atoms with E-state index in [2.05, 4.69) is 10.3 Å². The molecule has 0 unspecified atom stereocenters. The summed E-state index contributed by atoms with van der Waals surface area (Å²) in [5, 5.41) is 15.0. The van der Waals surface area contributed by atoms with Gasteiger partial charge in [-0.25, -0.2) is 4.98 Å². The maximum atomic E-state index is 12.7. The normalized spacial score (nSPS) is 13.4. The molecule has 1 amide bonds. The van der Waals surface area contributed by atoms with Crippen LogP contribution in [0.2, 0.25) is 5.02 Å². The summed E-state index contributed by atoms with van der Waals surface area (Å²) in [4.78, 5) is 30.4. The fourth-order valence-electron chi connectivity index (χ4n) is 4.14. The number of hydrogen-bond acceptors (Lipinski definition) is 6. The molecule has 1 saturated heterocycles. The number of nitro benzene ring substituents is 1. The number of nitrogens with one attached hydrogen (secondary N) is 1. The second kappa shape index (κ2) is 9.15. The van der Waals surface area contributed by atoms with Gasteiger partial charge in [0.1, 0.15) is 11.2 Å². The molecule has 1 aliphatic rings. The van der Waals surface area contributed by atoms with Gasteiger partial charge in [0.05, 0.1) is 4.92 Å². The molecule has 1 N–H and O–H groups in total. The third-order valence-corrected chi connectivity index (χ3v) is 6.08. The van der Waals surface area contributed by atoms with Crippen molar-refractivity contribution in [1.29, 1.82) is 0 Å². The fraction of sp³-hybridized carbons (Fsp3) is 0.200. The van der Waals surface area contributed by atoms with E-state index in [9.17, 15) is 14.9 Å². The molecule has 1 aromatic heterocycles. The maximum Gasteiger partial charge on any atom is 0.293 e. The Balaban J connectivity index is 1.28. The van der Waals surface area contributed by atoms with Crippen molar-refractivity contribution in [3.63, 3.8) is 0 Å². The van der Waals surface area contributed by atoms with Crippen LogP contribution in [0.5, 0.6) is 0 Å². The van der Waals surface area contributed by atoms with Gasteiger partial charge in [-0.1, -0.05) is 23.7 Å². The first kappa shape index (κ1) is 21.9. The highest BCUT2D eigenvalue weighted by Gasteiger charge is 2.24. The van der Waals surface area contributed by atoms with Crippen molar-refractivity contribution in [3.8, 4) is 0 Å². The largest absolute Gasteiger partial charge is 0.440 e.